The van der Waals surface area contributed by atoms with Gasteiger partial charge in [-0.05, 0) is 24.3 Å². The summed E-state index contributed by atoms with van der Waals surface area (Å²) in [4.78, 5) is 24.4. The van der Waals surface area contributed by atoms with Gasteiger partial charge in [-0.3, -0.25) is 14.9 Å². The third-order valence-electron chi connectivity index (χ3n) is 4.89. The zero-order chi connectivity index (χ0) is 18.7. The van der Waals surface area contributed by atoms with Gasteiger partial charge in [-0.1, -0.05) is 0 Å². The fourth-order valence-electron chi connectivity index (χ4n) is 3.61. The van der Waals surface area contributed by atoms with Crippen molar-refractivity contribution in [1.29, 1.82) is 0 Å². The summed E-state index contributed by atoms with van der Waals surface area (Å²) in [5.41, 5.74) is 1.23. The standard InChI is InChI=1S/C18H22N4O4/c1-20-9-3-5-15(20)16-6-4-10-21(16)12-18(23)19-14-8-7-13(26-2)11-17(14)22(24)25/h3,5,7-9,11,16H,4,6,10,12H2,1-2H3,(H,19,23)/p+1/t16-/m1/s1. The summed E-state index contributed by atoms with van der Waals surface area (Å²) < 4.78 is 7.10. The summed E-state index contributed by atoms with van der Waals surface area (Å²) in [5.74, 6) is 0.151. The van der Waals surface area contributed by atoms with Crippen molar-refractivity contribution in [2.75, 3.05) is 25.5 Å². The molecule has 1 aliphatic rings. The molecule has 8 nitrogen and oxygen atoms in total. The third-order valence-corrected chi connectivity index (χ3v) is 4.89. The van der Waals surface area contributed by atoms with Crippen LogP contribution in [0.5, 0.6) is 5.75 Å². The molecule has 8 heteroatoms. The Balaban J connectivity index is 1.71. The molecule has 1 aliphatic heterocycles. The normalized spacial score (nSPS) is 19.3. The molecule has 1 unspecified atom stereocenters. The maximum Gasteiger partial charge on any atom is 0.296 e. The first-order valence-corrected chi connectivity index (χ1v) is 8.57. The van der Waals surface area contributed by atoms with E-state index in [1.807, 2.05) is 19.3 Å². The van der Waals surface area contributed by atoms with Crippen molar-refractivity contribution in [2.24, 2.45) is 7.05 Å². The number of quaternary nitrogens is 1. The number of nitrogens with zero attached hydrogens (tertiary/aromatic N) is 2. The van der Waals surface area contributed by atoms with E-state index >= 15 is 0 Å². The highest BCUT2D eigenvalue weighted by Gasteiger charge is 2.33. The Hall–Kier alpha value is -2.87. The quantitative estimate of drug-likeness (QED) is 0.601. The lowest BCUT2D eigenvalue weighted by atomic mass is 10.1. The van der Waals surface area contributed by atoms with Gasteiger partial charge in [0.15, 0.2) is 6.54 Å². The van der Waals surface area contributed by atoms with Crippen LogP contribution in [-0.2, 0) is 11.8 Å². The molecule has 1 amide bonds. The maximum absolute atomic E-state index is 12.5. The molecule has 1 saturated heterocycles. The van der Waals surface area contributed by atoms with E-state index in [1.165, 1.54) is 29.8 Å². The number of anilines is 1. The van der Waals surface area contributed by atoms with Crippen LogP contribution in [0.3, 0.4) is 0 Å². The van der Waals surface area contributed by atoms with Gasteiger partial charge in [0.05, 0.1) is 30.3 Å². The average molecular weight is 359 g/mol. The molecule has 0 aliphatic carbocycles. The van der Waals surface area contributed by atoms with E-state index in [-0.39, 0.29) is 29.9 Å². The van der Waals surface area contributed by atoms with Gasteiger partial charge in [-0.15, -0.1) is 0 Å². The predicted molar refractivity (Wildman–Crippen MR) is 96.4 cm³/mol. The highest BCUT2D eigenvalue weighted by atomic mass is 16.6. The van der Waals surface area contributed by atoms with Crippen molar-refractivity contribution < 1.29 is 19.4 Å². The molecule has 0 saturated carbocycles. The van der Waals surface area contributed by atoms with Crippen LogP contribution >= 0.6 is 0 Å². The summed E-state index contributed by atoms with van der Waals surface area (Å²) >= 11 is 0. The smallest absolute Gasteiger partial charge is 0.296 e. The summed E-state index contributed by atoms with van der Waals surface area (Å²) in [7, 11) is 3.45. The molecule has 0 spiro atoms. The zero-order valence-corrected chi connectivity index (χ0v) is 14.9. The largest absolute Gasteiger partial charge is 0.496 e. The SMILES string of the molecule is COc1ccc(NC(=O)C[NH+]2CCC[C@@H]2c2cccn2C)c([N+](=O)[O-])c1. The number of carbonyl (C=O) groups excluding carboxylic acids is 1. The molecule has 138 valence electrons. The molecule has 1 fully saturated rings. The lowest BCUT2D eigenvalue weighted by molar-refractivity contribution is -0.910. The van der Waals surface area contributed by atoms with E-state index in [4.69, 9.17) is 4.74 Å². The van der Waals surface area contributed by atoms with Crippen LogP contribution in [0.15, 0.2) is 36.5 Å². The molecule has 1 aromatic heterocycles. The highest BCUT2D eigenvalue weighted by Crippen LogP contribution is 2.28. The number of nitro groups is 1. The predicted octanol–water partition coefficient (Wildman–Crippen LogP) is 1.30. The van der Waals surface area contributed by atoms with Crippen LogP contribution in [0.4, 0.5) is 11.4 Å². The van der Waals surface area contributed by atoms with Crippen molar-refractivity contribution in [2.45, 2.75) is 18.9 Å². The minimum absolute atomic E-state index is 0.173. The molecular weight excluding hydrogens is 336 g/mol. The monoisotopic (exact) mass is 359 g/mol. The number of methoxy groups -OCH3 is 1. The molecule has 3 rings (SSSR count). The number of hydrogen-bond donors (Lipinski definition) is 2. The summed E-state index contributed by atoms with van der Waals surface area (Å²) in [5, 5.41) is 13.9. The number of ether oxygens (including phenoxy) is 1. The second-order valence-corrected chi connectivity index (χ2v) is 6.51. The number of likely N-dealkylation sites (tertiary alicyclic amines) is 1. The first-order chi connectivity index (χ1) is 12.5. The van der Waals surface area contributed by atoms with Crippen LogP contribution in [0.2, 0.25) is 0 Å². The number of aryl methyl sites for hydroxylation is 1. The number of nitro benzene ring substituents is 1. The Morgan fingerprint density at radius 3 is 2.92 bits per heavy atom. The summed E-state index contributed by atoms with van der Waals surface area (Å²) in [6.45, 7) is 1.19. The molecule has 2 aromatic rings. The number of aromatic nitrogens is 1. The Kier molecular flexibility index (Phi) is 5.22. The van der Waals surface area contributed by atoms with Gasteiger partial charge >= 0.3 is 0 Å². The fourth-order valence-corrected chi connectivity index (χ4v) is 3.61. The zero-order valence-electron chi connectivity index (χ0n) is 14.9. The van der Waals surface area contributed by atoms with E-state index in [1.54, 1.807) is 6.07 Å². The van der Waals surface area contributed by atoms with E-state index in [0.717, 1.165) is 19.4 Å². The second kappa shape index (κ2) is 7.57. The number of carbonyl (C=O) groups is 1. The molecule has 1 aromatic carbocycles. The highest BCUT2D eigenvalue weighted by molar-refractivity contribution is 5.93. The number of nitrogens with one attached hydrogen (secondary N) is 2. The number of amides is 1. The molecular formula is C18H23N4O4+. The van der Waals surface area contributed by atoms with Crippen molar-refractivity contribution >= 4 is 17.3 Å². The molecule has 2 heterocycles. The van der Waals surface area contributed by atoms with Crippen molar-refractivity contribution in [1.82, 2.24) is 4.57 Å². The van der Waals surface area contributed by atoms with Gasteiger partial charge in [-0.2, -0.15) is 0 Å². The van der Waals surface area contributed by atoms with Crippen LogP contribution in [-0.4, -0.2) is 35.6 Å². The van der Waals surface area contributed by atoms with E-state index in [2.05, 4.69) is 16.0 Å². The summed E-state index contributed by atoms with van der Waals surface area (Å²) in [6.07, 6.45) is 4.09. The van der Waals surface area contributed by atoms with Crippen LogP contribution < -0.4 is 15.0 Å². The first kappa shape index (κ1) is 17.9. The molecule has 2 N–H and O–H groups in total. The first-order valence-electron chi connectivity index (χ1n) is 8.57. The minimum atomic E-state index is -0.520. The minimum Gasteiger partial charge on any atom is -0.496 e. The van der Waals surface area contributed by atoms with E-state index < -0.39 is 4.92 Å². The Bertz CT molecular complexity index is 817. The molecule has 0 bridgehead atoms. The average Bonchev–Trinajstić information content (AvgIpc) is 3.23. The Morgan fingerprint density at radius 2 is 2.27 bits per heavy atom. The lowest BCUT2D eigenvalue weighted by Gasteiger charge is -2.21. The van der Waals surface area contributed by atoms with E-state index in [0.29, 0.717) is 5.75 Å². The number of benzene rings is 1. The topological polar surface area (TPSA) is 90.8 Å². The number of hydrogen-bond acceptors (Lipinski definition) is 4. The second-order valence-electron chi connectivity index (χ2n) is 6.51. The van der Waals surface area contributed by atoms with E-state index in [9.17, 15) is 14.9 Å². The van der Waals surface area contributed by atoms with Crippen LogP contribution in [0.1, 0.15) is 24.6 Å². The Morgan fingerprint density at radius 1 is 1.46 bits per heavy atom. The van der Waals surface area contributed by atoms with Crippen molar-refractivity contribution in [3.05, 3.63) is 52.3 Å². The van der Waals surface area contributed by atoms with Gasteiger partial charge in [0, 0.05) is 26.1 Å². The van der Waals surface area contributed by atoms with Crippen molar-refractivity contribution in [3.8, 4) is 5.75 Å². The fraction of sp³-hybridized carbons (Fsp3) is 0.389. The molecule has 0 radical (unpaired) electrons. The van der Waals surface area contributed by atoms with Crippen LogP contribution in [0, 0.1) is 10.1 Å². The van der Waals surface area contributed by atoms with Gasteiger partial charge in [0.2, 0.25) is 0 Å². The lowest BCUT2D eigenvalue weighted by Crippen LogP contribution is -3.11. The van der Waals surface area contributed by atoms with Crippen molar-refractivity contribution in [3.63, 3.8) is 0 Å². The van der Waals surface area contributed by atoms with Gasteiger partial charge in [-0.25, -0.2) is 0 Å². The maximum atomic E-state index is 12.5. The molecule has 2 atom stereocenters. The Labute approximate surface area is 151 Å². The van der Waals surface area contributed by atoms with Gasteiger partial charge in [0.25, 0.3) is 11.6 Å². The van der Waals surface area contributed by atoms with Gasteiger partial charge in [0.1, 0.15) is 17.5 Å². The summed E-state index contributed by atoms with van der Waals surface area (Å²) in [6, 6.07) is 8.77. The van der Waals surface area contributed by atoms with Crippen LogP contribution in [0.25, 0.3) is 0 Å². The van der Waals surface area contributed by atoms with Gasteiger partial charge < -0.3 is 19.5 Å². The number of rotatable bonds is 6. The molecule has 26 heavy (non-hydrogen) atoms. The third kappa shape index (κ3) is 3.70.